The van der Waals surface area contributed by atoms with Gasteiger partial charge in [0.05, 0.1) is 12.5 Å². The molecule has 0 N–H and O–H groups in total. The molecule has 0 aromatic heterocycles. The maximum atomic E-state index is 11.9. The molecule has 2 nitrogen and oxygen atoms in total. The summed E-state index contributed by atoms with van der Waals surface area (Å²) in [6.45, 7) is 0. The molecule has 1 aliphatic carbocycles. The molecule has 0 radical (unpaired) electrons. The van der Waals surface area contributed by atoms with Crippen LogP contribution < -0.4 is 0 Å². The van der Waals surface area contributed by atoms with Gasteiger partial charge in [-0.1, -0.05) is 24.3 Å². The van der Waals surface area contributed by atoms with E-state index in [1.807, 2.05) is 0 Å². The van der Waals surface area contributed by atoms with Crippen molar-refractivity contribution in [3.63, 3.8) is 0 Å². The number of hydrogen-bond acceptors (Lipinski definition) is 2. The number of halogens is 1. The van der Waals surface area contributed by atoms with Crippen molar-refractivity contribution in [2.24, 2.45) is 0 Å². The van der Waals surface area contributed by atoms with E-state index in [9.17, 15) is 4.79 Å². The molecule has 1 fully saturated rings. The van der Waals surface area contributed by atoms with Crippen molar-refractivity contribution in [1.29, 1.82) is 0 Å². The molecule has 1 saturated carbocycles. The first-order valence-corrected chi connectivity index (χ1v) is 7.02. The average molecular weight is 352 g/mol. The largest absolute Gasteiger partial charge is 0.468 e. The predicted octanol–water partition coefficient (Wildman–Crippen LogP) is 3.65. The summed E-state index contributed by atoms with van der Waals surface area (Å²) >= 11 is 2.31. The minimum Gasteiger partial charge on any atom is -0.468 e. The summed E-state index contributed by atoms with van der Waals surface area (Å²) < 4.78 is 6.15. The lowest BCUT2D eigenvalue weighted by Gasteiger charge is -2.13. The Morgan fingerprint density at radius 3 is 2.50 bits per heavy atom. The maximum absolute atomic E-state index is 11.9. The molecule has 1 aliphatic rings. The van der Waals surface area contributed by atoms with Crippen molar-refractivity contribution < 1.29 is 9.53 Å². The van der Waals surface area contributed by atoms with E-state index in [4.69, 9.17) is 4.74 Å². The molecule has 0 bridgehead atoms. The molecule has 3 heteroatoms. The Bertz CT molecular complexity index is 629. The molecule has 0 aliphatic heterocycles. The van der Waals surface area contributed by atoms with Crippen LogP contribution in [0.3, 0.4) is 0 Å². The Morgan fingerprint density at radius 2 is 1.83 bits per heavy atom. The highest BCUT2D eigenvalue weighted by Gasteiger charge is 2.52. The smallest absolute Gasteiger partial charge is 0.316 e. The summed E-state index contributed by atoms with van der Waals surface area (Å²) in [5.41, 5.74) is 0.717. The van der Waals surface area contributed by atoms with Crippen molar-refractivity contribution >= 4 is 39.3 Å². The second-order valence-corrected chi connectivity index (χ2v) is 6.03. The number of fused-ring (bicyclic) bond motifs is 1. The van der Waals surface area contributed by atoms with E-state index in [2.05, 4.69) is 59.0 Å². The summed E-state index contributed by atoms with van der Waals surface area (Å²) in [5, 5.41) is 2.40. The third kappa shape index (κ3) is 1.81. The molecule has 0 spiro atoms. The van der Waals surface area contributed by atoms with Gasteiger partial charge in [-0.05, 0) is 63.9 Å². The van der Waals surface area contributed by atoms with Gasteiger partial charge in [0.15, 0.2) is 0 Å². The van der Waals surface area contributed by atoms with Crippen molar-refractivity contribution in [3.8, 4) is 0 Å². The molecule has 0 unspecified atom stereocenters. The summed E-state index contributed by atoms with van der Waals surface area (Å²) in [5.74, 6) is -0.104. The van der Waals surface area contributed by atoms with Crippen LogP contribution in [0.25, 0.3) is 10.8 Å². The van der Waals surface area contributed by atoms with Crippen LogP contribution in [0, 0.1) is 3.57 Å². The SMILES string of the molecule is COC(=O)C1(c2ccc3cc(I)ccc3c2)CC1. The number of benzene rings is 2. The van der Waals surface area contributed by atoms with Crippen LogP contribution >= 0.6 is 22.6 Å². The Hall–Kier alpha value is -1.10. The topological polar surface area (TPSA) is 26.3 Å². The third-order valence-corrected chi connectivity index (χ3v) is 4.35. The number of methoxy groups -OCH3 is 1. The zero-order valence-corrected chi connectivity index (χ0v) is 12.2. The van der Waals surface area contributed by atoms with E-state index in [0.717, 1.165) is 18.4 Å². The molecule has 0 amide bonds. The fourth-order valence-corrected chi connectivity index (χ4v) is 2.96. The second-order valence-electron chi connectivity index (χ2n) is 4.78. The van der Waals surface area contributed by atoms with Gasteiger partial charge in [-0.2, -0.15) is 0 Å². The van der Waals surface area contributed by atoms with E-state index in [1.165, 1.54) is 21.5 Å². The first-order chi connectivity index (χ1) is 8.65. The van der Waals surface area contributed by atoms with Crippen LogP contribution in [0.15, 0.2) is 36.4 Å². The van der Waals surface area contributed by atoms with Crippen LogP contribution in [0.5, 0.6) is 0 Å². The highest BCUT2D eigenvalue weighted by Crippen LogP contribution is 2.49. The van der Waals surface area contributed by atoms with Crippen LogP contribution in [0.4, 0.5) is 0 Å². The van der Waals surface area contributed by atoms with Crippen molar-refractivity contribution in [1.82, 2.24) is 0 Å². The van der Waals surface area contributed by atoms with Crippen molar-refractivity contribution in [3.05, 3.63) is 45.5 Å². The molecular weight excluding hydrogens is 339 g/mol. The Balaban J connectivity index is 2.09. The molecule has 0 heterocycles. The van der Waals surface area contributed by atoms with Crippen LogP contribution in [0.1, 0.15) is 18.4 Å². The van der Waals surface area contributed by atoms with Crippen LogP contribution in [-0.4, -0.2) is 13.1 Å². The van der Waals surface area contributed by atoms with Gasteiger partial charge < -0.3 is 4.74 Å². The first kappa shape index (κ1) is 12.0. The third-order valence-electron chi connectivity index (χ3n) is 3.68. The molecule has 0 atom stereocenters. The highest BCUT2D eigenvalue weighted by molar-refractivity contribution is 14.1. The van der Waals surface area contributed by atoms with E-state index in [0.29, 0.717) is 0 Å². The van der Waals surface area contributed by atoms with Gasteiger partial charge in [0, 0.05) is 3.57 Å². The minimum atomic E-state index is -0.369. The van der Waals surface area contributed by atoms with Crippen LogP contribution in [0.2, 0.25) is 0 Å². The summed E-state index contributed by atoms with van der Waals surface area (Å²) in [4.78, 5) is 11.9. The first-order valence-electron chi connectivity index (χ1n) is 5.94. The molecular formula is C15H13IO2. The second kappa shape index (κ2) is 4.23. The minimum absolute atomic E-state index is 0.104. The van der Waals surface area contributed by atoms with E-state index < -0.39 is 0 Å². The van der Waals surface area contributed by atoms with Gasteiger partial charge in [0.1, 0.15) is 0 Å². The number of esters is 1. The normalized spacial score (nSPS) is 16.6. The lowest BCUT2D eigenvalue weighted by atomic mass is 9.94. The molecule has 3 rings (SSSR count). The van der Waals surface area contributed by atoms with Gasteiger partial charge in [0.25, 0.3) is 0 Å². The molecule has 0 saturated heterocycles. The highest BCUT2D eigenvalue weighted by atomic mass is 127. The summed E-state index contributed by atoms with van der Waals surface area (Å²) in [6.07, 6.45) is 1.80. The number of carbonyl (C=O) groups excluding carboxylic acids is 1. The van der Waals surface area contributed by atoms with E-state index >= 15 is 0 Å². The Morgan fingerprint density at radius 1 is 1.17 bits per heavy atom. The standard InChI is InChI=1S/C15H13IO2/c1-18-14(17)15(6-7-15)12-4-2-11-9-13(16)5-3-10(11)8-12/h2-5,8-9H,6-7H2,1H3. The monoisotopic (exact) mass is 352 g/mol. The number of carbonyl (C=O) groups is 1. The van der Waals surface area contributed by atoms with E-state index in [-0.39, 0.29) is 11.4 Å². The zero-order chi connectivity index (χ0) is 12.8. The fourth-order valence-electron chi connectivity index (χ4n) is 2.45. The number of ether oxygens (including phenoxy) is 1. The van der Waals surface area contributed by atoms with Gasteiger partial charge in [-0.15, -0.1) is 0 Å². The number of hydrogen-bond donors (Lipinski definition) is 0. The van der Waals surface area contributed by atoms with Gasteiger partial charge >= 0.3 is 5.97 Å². The Kier molecular flexibility index (Phi) is 2.81. The van der Waals surface area contributed by atoms with Gasteiger partial charge in [-0.25, -0.2) is 0 Å². The zero-order valence-electron chi connectivity index (χ0n) is 10.1. The maximum Gasteiger partial charge on any atom is 0.316 e. The average Bonchev–Trinajstić information content (AvgIpc) is 3.18. The van der Waals surface area contributed by atoms with Gasteiger partial charge in [0.2, 0.25) is 0 Å². The molecule has 2 aromatic rings. The van der Waals surface area contributed by atoms with Crippen molar-refractivity contribution in [2.45, 2.75) is 18.3 Å². The molecule has 18 heavy (non-hydrogen) atoms. The summed E-state index contributed by atoms with van der Waals surface area (Å²) in [6, 6.07) is 12.6. The van der Waals surface area contributed by atoms with Gasteiger partial charge in [-0.3, -0.25) is 4.79 Å². The molecule has 92 valence electrons. The van der Waals surface area contributed by atoms with Crippen LogP contribution in [-0.2, 0) is 14.9 Å². The fraction of sp³-hybridized carbons (Fsp3) is 0.267. The molecule has 2 aromatic carbocycles. The number of rotatable bonds is 2. The quantitative estimate of drug-likeness (QED) is 0.609. The Labute approximate surface area is 119 Å². The van der Waals surface area contributed by atoms with E-state index in [1.54, 1.807) is 0 Å². The lowest BCUT2D eigenvalue weighted by molar-refractivity contribution is -0.143. The lowest BCUT2D eigenvalue weighted by Crippen LogP contribution is -2.21. The predicted molar refractivity (Wildman–Crippen MR) is 79.6 cm³/mol. The van der Waals surface area contributed by atoms with Crippen molar-refractivity contribution in [2.75, 3.05) is 7.11 Å². The summed E-state index contributed by atoms with van der Waals surface area (Å²) in [7, 11) is 1.46.